The van der Waals surface area contributed by atoms with Gasteiger partial charge in [-0.05, 0) is 68.2 Å². The van der Waals surface area contributed by atoms with E-state index >= 15 is 0 Å². The minimum absolute atomic E-state index is 0.124. The first-order chi connectivity index (χ1) is 9.41. The summed E-state index contributed by atoms with van der Waals surface area (Å²) in [4.78, 5) is 0. The molecule has 0 saturated heterocycles. The van der Waals surface area contributed by atoms with Crippen molar-refractivity contribution in [2.75, 3.05) is 6.54 Å². The van der Waals surface area contributed by atoms with Gasteiger partial charge in [0.25, 0.3) is 0 Å². The van der Waals surface area contributed by atoms with Crippen LogP contribution in [0, 0.1) is 11.7 Å². The molecule has 0 atom stereocenters. The van der Waals surface area contributed by atoms with E-state index in [2.05, 4.69) is 0 Å². The highest BCUT2D eigenvalue weighted by Crippen LogP contribution is 2.42. The Balaban J connectivity index is 2.18. The van der Waals surface area contributed by atoms with Gasteiger partial charge in [-0.3, -0.25) is 0 Å². The summed E-state index contributed by atoms with van der Waals surface area (Å²) < 4.78 is 52.1. The Morgan fingerprint density at radius 3 is 2.30 bits per heavy atom. The van der Waals surface area contributed by atoms with E-state index in [9.17, 15) is 17.6 Å². The molecule has 0 spiro atoms. The number of rotatable bonds is 3. The van der Waals surface area contributed by atoms with Gasteiger partial charge in [-0.25, -0.2) is 4.39 Å². The van der Waals surface area contributed by atoms with Crippen LogP contribution in [0.3, 0.4) is 0 Å². The van der Waals surface area contributed by atoms with E-state index in [-0.39, 0.29) is 11.5 Å². The molecule has 0 aliphatic heterocycles. The van der Waals surface area contributed by atoms with E-state index in [4.69, 9.17) is 5.73 Å². The minimum Gasteiger partial charge on any atom is -0.330 e. The maximum atomic E-state index is 13.1. The maximum absolute atomic E-state index is 13.1. The van der Waals surface area contributed by atoms with E-state index in [0.717, 1.165) is 38.2 Å². The lowest BCUT2D eigenvalue weighted by Crippen LogP contribution is -2.19. The minimum atomic E-state index is -4.49. The van der Waals surface area contributed by atoms with Gasteiger partial charge in [0.1, 0.15) is 5.82 Å². The standard InChI is InChI=1S/C15H19F4N/c16-12-5-6-13(14(9-12)15(17,18)19)11-3-1-10(2-4-11)7-8-20/h5-6,9-11H,1-4,7-8,20H2. The number of nitrogens with two attached hydrogens (primary N) is 1. The Morgan fingerprint density at radius 2 is 1.75 bits per heavy atom. The van der Waals surface area contributed by atoms with Crippen molar-refractivity contribution in [3.8, 4) is 0 Å². The molecule has 1 nitrogen and oxygen atoms in total. The molecule has 1 aliphatic rings. The lowest BCUT2D eigenvalue weighted by molar-refractivity contribution is -0.138. The van der Waals surface area contributed by atoms with Crippen molar-refractivity contribution in [2.24, 2.45) is 11.7 Å². The van der Waals surface area contributed by atoms with Crippen molar-refractivity contribution in [1.29, 1.82) is 0 Å². The molecule has 0 heterocycles. The second-order valence-corrected chi connectivity index (χ2v) is 5.52. The lowest BCUT2D eigenvalue weighted by Gasteiger charge is -2.30. The van der Waals surface area contributed by atoms with E-state index in [1.54, 1.807) is 0 Å². The summed E-state index contributed by atoms with van der Waals surface area (Å²) in [6.07, 6.45) is -0.320. The SMILES string of the molecule is NCCC1CCC(c2ccc(F)cc2C(F)(F)F)CC1. The molecule has 2 rings (SSSR count). The zero-order chi connectivity index (χ0) is 14.8. The first-order valence-corrected chi connectivity index (χ1v) is 6.98. The molecule has 1 aliphatic carbocycles. The summed E-state index contributed by atoms with van der Waals surface area (Å²) in [6, 6.07) is 3.03. The maximum Gasteiger partial charge on any atom is 0.416 e. The highest BCUT2D eigenvalue weighted by Gasteiger charge is 2.36. The van der Waals surface area contributed by atoms with Gasteiger partial charge in [0.15, 0.2) is 0 Å². The molecule has 1 aromatic carbocycles. The van der Waals surface area contributed by atoms with E-state index in [1.165, 1.54) is 6.07 Å². The van der Waals surface area contributed by atoms with Gasteiger partial charge in [0, 0.05) is 0 Å². The normalized spacial score (nSPS) is 23.9. The second kappa shape index (κ2) is 6.12. The number of hydrogen-bond donors (Lipinski definition) is 1. The average molecular weight is 289 g/mol. The van der Waals surface area contributed by atoms with Gasteiger partial charge in [0.05, 0.1) is 5.56 Å². The van der Waals surface area contributed by atoms with Crippen molar-refractivity contribution in [2.45, 2.75) is 44.2 Å². The summed E-state index contributed by atoms with van der Waals surface area (Å²) in [7, 11) is 0. The summed E-state index contributed by atoms with van der Waals surface area (Å²) in [5.41, 5.74) is 4.93. The molecule has 0 unspecified atom stereocenters. The Hall–Kier alpha value is -1.10. The Bertz CT molecular complexity index is 448. The number of hydrogen-bond acceptors (Lipinski definition) is 1. The molecule has 20 heavy (non-hydrogen) atoms. The van der Waals surface area contributed by atoms with E-state index < -0.39 is 17.6 Å². The van der Waals surface area contributed by atoms with Crippen LogP contribution in [0.4, 0.5) is 17.6 Å². The van der Waals surface area contributed by atoms with E-state index in [0.29, 0.717) is 18.5 Å². The first kappa shape index (κ1) is 15.3. The van der Waals surface area contributed by atoms with Crippen LogP contribution in [0.25, 0.3) is 0 Å². The third-order valence-electron chi connectivity index (χ3n) is 4.18. The van der Waals surface area contributed by atoms with Crippen LogP contribution >= 0.6 is 0 Å². The Labute approximate surface area is 116 Å². The molecule has 2 N–H and O–H groups in total. The lowest BCUT2D eigenvalue weighted by atomic mass is 9.76. The molecule has 5 heteroatoms. The summed E-state index contributed by atoms with van der Waals surface area (Å²) >= 11 is 0. The Kier molecular flexibility index (Phi) is 4.68. The van der Waals surface area contributed by atoms with Crippen molar-refractivity contribution >= 4 is 0 Å². The summed E-state index contributed by atoms with van der Waals surface area (Å²) in [5, 5.41) is 0. The van der Waals surface area contributed by atoms with Crippen LogP contribution in [0.1, 0.15) is 49.1 Å². The van der Waals surface area contributed by atoms with Crippen LogP contribution in [0.15, 0.2) is 18.2 Å². The third-order valence-corrected chi connectivity index (χ3v) is 4.18. The molecular weight excluding hydrogens is 270 g/mol. The molecule has 1 saturated carbocycles. The zero-order valence-corrected chi connectivity index (χ0v) is 11.2. The van der Waals surface area contributed by atoms with Gasteiger partial charge in [-0.1, -0.05) is 6.07 Å². The second-order valence-electron chi connectivity index (χ2n) is 5.52. The predicted molar refractivity (Wildman–Crippen MR) is 69.8 cm³/mol. The van der Waals surface area contributed by atoms with Crippen LogP contribution in [-0.2, 0) is 6.18 Å². The van der Waals surface area contributed by atoms with Crippen molar-refractivity contribution < 1.29 is 17.6 Å². The molecule has 1 aromatic rings. The molecule has 0 bridgehead atoms. The number of halogens is 4. The first-order valence-electron chi connectivity index (χ1n) is 6.98. The fraction of sp³-hybridized carbons (Fsp3) is 0.600. The quantitative estimate of drug-likeness (QED) is 0.816. The van der Waals surface area contributed by atoms with Crippen LogP contribution in [-0.4, -0.2) is 6.54 Å². The highest BCUT2D eigenvalue weighted by atomic mass is 19.4. The van der Waals surface area contributed by atoms with Gasteiger partial charge in [-0.2, -0.15) is 13.2 Å². The Morgan fingerprint density at radius 1 is 1.10 bits per heavy atom. The number of alkyl halides is 3. The monoisotopic (exact) mass is 289 g/mol. The van der Waals surface area contributed by atoms with E-state index in [1.807, 2.05) is 0 Å². The topological polar surface area (TPSA) is 26.0 Å². The predicted octanol–water partition coefficient (Wildman–Crippen LogP) is 4.47. The molecule has 0 amide bonds. The molecule has 1 fully saturated rings. The fourth-order valence-corrected chi connectivity index (χ4v) is 3.13. The van der Waals surface area contributed by atoms with Crippen molar-refractivity contribution in [1.82, 2.24) is 0 Å². The van der Waals surface area contributed by atoms with Gasteiger partial charge in [0.2, 0.25) is 0 Å². The smallest absolute Gasteiger partial charge is 0.330 e. The molecule has 0 radical (unpaired) electrons. The van der Waals surface area contributed by atoms with Crippen LogP contribution < -0.4 is 5.73 Å². The summed E-state index contributed by atoms with van der Waals surface area (Å²) in [6.45, 7) is 0.625. The zero-order valence-electron chi connectivity index (χ0n) is 11.2. The molecule has 112 valence electrons. The van der Waals surface area contributed by atoms with Crippen LogP contribution in [0.2, 0.25) is 0 Å². The van der Waals surface area contributed by atoms with Crippen LogP contribution in [0.5, 0.6) is 0 Å². The van der Waals surface area contributed by atoms with Gasteiger partial charge in [-0.15, -0.1) is 0 Å². The average Bonchev–Trinajstić information content (AvgIpc) is 2.39. The largest absolute Gasteiger partial charge is 0.416 e. The van der Waals surface area contributed by atoms with Gasteiger partial charge >= 0.3 is 6.18 Å². The molecular formula is C15H19F4N. The number of benzene rings is 1. The van der Waals surface area contributed by atoms with Crippen molar-refractivity contribution in [3.63, 3.8) is 0 Å². The molecule has 0 aromatic heterocycles. The van der Waals surface area contributed by atoms with Gasteiger partial charge < -0.3 is 5.73 Å². The third kappa shape index (κ3) is 3.51. The van der Waals surface area contributed by atoms with Crippen molar-refractivity contribution in [3.05, 3.63) is 35.1 Å². The fourth-order valence-electron chi connectivity index (χ4n) is 3.13. The highest BCUT2D eigenvalue weighted by molar-refractivity contribution is 5.33. The summed E-state index contributed by atoms with van der Waals surface area (Å²) in [5.74, 6) is -0.440.